The van der Waals surface area contributed by atoms with Crippen molar-refractivity contribution in [3.8, 4) is 0 Å². The molecule has 144 valence electrons. The van der Waals surface area contributed by atoms with E-state index in [9.17, 15) is 14.4 Å². The molecule has 0 bridgehead atoms. The fourth-order valence-electron chi connectivity index (χ4n) is 2.83. The zero-order chi connectivity index (χ0) is 18.7. The fourth-order valence-corrected chi connectivity index (χ4v) is 2.83. The number of hydrogen-bond donors (Lipinski definition) is 3. The first-order valence-corrected chi connectivity index (χ1v) is 9.26. The summed E-state index contributed by atoms with van der Waals surface area (Å²) in [5.74, 6) is 0.409. The van der Waals surface area contributed by atoms with Crippen LogP contribution in [0.15, 0.2) is 0 Å². The van der Waals surface area contributed by atoms with Crippen LogP contribution in [-0.2, 0) is 14.3 Å². The van der Waals surface area contributed by atoms with Crippen LogP contribution in [0.1, 0.15) is 65.7 Å². The van der Waals surface area contributed by atoms with Gasteiger partial charge >= 0.3 is 6.09 Å². The van der Waals surface area contributed by atoms with Gasteiger partial charge < -0.3 is 20.7 Å². The smallest absolute Gasteiger partial charge is 0.408 e. The van der Waals surface area contributed by atoms with Crippen LogP contribution in [0.4, 0.5) is 4.79 Å². The van der Waals surface area contributed by atoms with Gasteiger partial charge in [0.1, 0.15) is 5.60 Å². The van der Waals surface area contributed by atoms with Crippen molar-refractivity contribution in [2.45, 2.75) is 71.3 Å². The van der Waals surface area contributed by atoms with Crippen LogP contribution in [0.25, 0.3) is 0 Å². The summed E-state index contributed by atoms with van der Waals surface area (Å²) < 4.78 is 5.04. The second kappa shape index (κ2) is 10.9. The van der Waals surface area contributed by atoms with E-state index < -0.39 is 11.7 Å². The van der Waals surface area contributed by atoms with E-state index in [4.69, 9.17) is 4.74 Å². The number of alkyl carbamates (subject to hydrolysis) is 1. The normalized spacial score (nSPS) is 15.3. The van der Waals surface area contributed by atoms with Crippen molar-refractivity contribution in [2.75, 3.05) is 19.6 Å². The van der Waals surface area contributed by atoms with E-state index in [0.717, 1.165) is 6.42 Å². The van der Waals surface area contributed by atoms with E-state index in [1.54, 1.807) is 20.8 Å². The van der Waals surface area contributed by atoms with Gasteiger partial charge in [-0.05, 0) is 33.1 Å². The number of carbonyl (C=O) groups excluding carboxylic acids is 3. The predicted octanol–water partition coefficient (Wildman–Crippen LogP) is 2.10. The third kappa shape index (κ3) is 11.4. The quantitative estimate of drug-likeness (QED) is 0.581. The molecule has 0 aliphatic heterocycles. The molecule has 7 heteroatoms. The van der Waals surface area contributed by atoms with Gasteiger partial charge in [0.15, 0.2) is 0 Å². The highest BCUT2D eigenvalue weighted by atomic mass is 16.6. The first-order chi connectivity index (χ1) is 11.8. The summed E-state index contributed by atoms with van der Waals surface area (Å²) in [4.78, 5) is 34.8. The molecule has 0 atom stereocenters. The van der Waals surface area contributed by atoms with Gasteiger partial charge in [-0.3, -0.25) is 9.59 Å². The Bertz CT molecular complexity index is 440. The maximum absolute atomic E-state index is 11.8. The lowest BCUT2D eigenvalue weighted by Gasteiger charge is -2.21. The van der Waals surface area contributed by atoms with Crippen LogP contribution < -0.4 is 16.0 Å². The summed E-state index contributed by atoms with van der Waals surface area (Å²) in [6.07, 6.45) is 7.27. The Morgan fingerprint density at radius 2 is 1.52 bits per heavy atom. The molecular weight excluding hydrogens is 322 g/mol. The Balaban J connectivity index is 2.01. The summed E-state index contributed by atoms with van der Waals surface area (Å²) in [5.41, 5.74) is -0.595. The average molecular weight is 355 g/mol. The topological polar surface area (TPSA) is 96.5 Å². The maximum atomic E-state index is 11.8. The minimum absolute atomic E-state index is 0.0340. The Kier molecular flexibility index (Phi) is 9.31. The summed E-state index contributed by atoms with van der Waals surface area (Å²) in [6, 6.07) is 0. The lowest BCUT2D eigenvalue weighted by molar-refractivity contribution is -0.122. The number of rotatable bonds is 8. The molecule has 1 fully saturated rings. The third-order valence-electron chi connectivity index (χ3n) is 4.07. The minimum Gasteiger partial charge on any atom is -0.444 e. The van der Waals surface area contributed by atoms with Gasteiger partial charge in [0.25, 0.3) is 0 Å². The van der Waals surface area contributed by atoms with Crippen molar-refractivity contribution in [3.05, 3.63) is 0 Å². The highest BCUT2D eigenvalue weighted by Crippen LogP contribution is 2.27. The number of amides is 3. The van der Waals surface area contributed by atoms with Gasteiger partial charge in [-0.25, -0.2) is 4.79 Å². The van der Waals surface area contributed by atoms with Crippen molar-refractivity contribution < 1.29 is 19.1 Å². The zero-order valence-electron chi connectivity index (χ0n) is 15.8. The summed E-state index contributed by atoms with van der Waals surface area (Å²) in [6.45, 7) is 5.84. The third-order valence-corrected chi connectivity index (χ3v) is 4.07. The van der Waals surface area contributed by atoms with E-state index in [1.165, 1.54) is 32.1 Å². The molecule has 1 rings (SSSR count). The molecule has 0 spiro atoms. The number of ether oxygens (including phenoxy) is 1. The molecule has 1 saturated carbocycles. The van der Waals surface area contributed by atoms with E-state index >= 15 is 0 Å². The highest BCUT2D eigenvalue weighted by Gasteiger charge is 2.17. The lowest BCUT2D eigenvalue weighted by Crippen LogP contribution is -2.42. The molecule has 3 amide bonds. The Labute approximate surface area is 150 Å². The fraction of sp³-hybridized carbons (Fsp3) is 0.833. The first-order valence-electron chi connectivity index (χ1n) is 9.26. The van der Waals surface area contributed by atoms with Crippen molar-refractivity contribution in [1.29, 1.82) is 0 Å². The monoisotopic (exact) mass is 355 g/mol. The van der Waals surface area contributed by atoms with Crippen LogP contribution in [0, 0.1) is 5.92 Å². The largest absolute Gasteiger partial charge is 0.444 e. The zero-order valence-corrected chi connectivity index (χ0v) is 15.8. The van der Waals surface area contributed by atoms with E-state index in [1.807, 2.05) is 0 Å². The van der Waals surface area contributed by atoms with Crippen LogP contribution in [0.5, 0.6) is 0 Å². The molecule has 7 nitrogen and oxygen atoms in total. The van der Waals surface area contributed by atoms with Crippen molar-refractivity contribution >= 4 is 17.9 Å². The van der Waals surface area contributed by atoms with Gasteiger partial charge in [0.2, 0.25) is 11.8 Å². The van der Waals surface area contributed by atoms with Crippen molar-refractivity contribution in [2.24, 2.45) is 5.92 Å². The maximum Gasteiger partial charge on any atom is 0.408 e. The molecule has 1 aliphatic rings. The van der Waals surface area contributed by atoms with Crippen LogP contribution in [-0.4, -0.2) is 43.1 Å². The predicted molar refractivity (Wildman–Crippen MR) is 96.1 cm³/mol. The lowest BCUT2D eigenvalue weighted by atomic mass is 9.86. The molecule has 3 N–H and O–H groups in total. The Morgan fingerprint density at radius 3 is 2.12 bits per heavy atom. The first kappa shape index (κ1) is 21.3. The Morgan fingerprint density at radius 1 is 0.920 bits per heavy atom. The highest BCUT2D eigenvalue weighted by molar-refractivity contribution is 5.82. The van der Waals surface area contributed by atoms with Gasteiger partial charge in [-0.2, -0.15) is 0 Å². The van der Waals surface area contributed by atoms with Crippen molar-refractivity contribution in [1.82, 2.24) is 16.0 Å². The summed E-state index contributed by atoms with van der Waals surface area (Å²) in [7, 11) is 0. The molecule has 0 aromatic carbocycles. The van der Waals surface area contributed by atoms with Crippen LogP contribution in [0.2, 0.25) is 0 Å². The van der Waals surface area contributed by atoms with Gasteiger partial charge in [0.05, 0.1) is 6.54 Å². The average Bonchev–Trinajstić information content (AvgIpc) is 2.54. The molecular formula is C18H33N3O4. The molecule has 0 heterocycles. The molecule has 0 aromatic rings. The van der Waals surface area contributed by atoms with Crippen LogP contribution in [0.3, 0.4) is 0 Å². The standard InChI is InChI=1S/C18H33N3O4/c1-18(2,3)25-17(24)21-13-16(23)20-12-11-19-15(22)10-9-14-7-5-4-6-8-14/h14H,4-13H2,1-3H3,(H,19,22)(H,20,23)(H,21,24). The molecule has 0 aromatic heterocycles. The van der Waals surface area contributed by atoms with Crippen molar-refractivity contribution in [3.63, 3.8) is 0 Å². The molecule has 0 radical (unpaired) electrons. The summed E-state index contributed by atoms with van der Waals surface area (Å²) in [5, 5.41) is 7.83. The number of carbonyl (C=O) groups is 3. The number of nitrogens with one attached hydrogen (secondary N) is 3. The van der Waals surface area contributed by atoms with Gasteiger partial charge in [-0.15, -0.1) is 0 Å². The van der Waals surface area contributed by atoms with E-state index in [0.29, 0.717) is 25.4 Å². The van der Waals surface area contributed by atoms with E-state index in [-0.39, 0.29) is 18.4 Å². The molecule has 0 unspecified atom stereocenters. The number of hydrogen-bond acceptors (Lipinski definition) is 4. The second-order valence-electron chi connectivity index (χ2n) is 7.60. The van der Waals surface area contributed by atoms with Gasteiger partial charge in [0, 0.05) is 19.5 Å². The SMILES string of the molecule is CC(C)(C)OC(=O)NCC(=O)NCCNC(=O)CCC1CCCCC1. The second-order valence-corrected chi connectivity index (χ2v) is 7.60. The Hall–Kier alpha value is -1.79. The molecule has 0 saturated heterocycles. The van der Waals surface area contributed by atoms with E-state index in [2.05, 4.69) is 16.0 Å². The molecule has 25 heavy (non-hydrogen) atoms. The van der Waals surface area contributed by atoms with Gasteiger partial charge in [-0.1, -0.05) is 32.1 Å². The van der Waals surface area contributed by atoms with Crippen LogP contribution >= 0.6 is 0 Å². The summed E-state index contributed by atoms with van der Waals surface area (Å²) >= 11 is 0. The molecule has 1 aliphatic carbocycles. The minimum atomic E-state index is -0.626.